The molecule has 4 aliphatic rings. The molecule has 2 amide bonds. The van der Waals surface area contributed by atoms with Gasteiger partial charge in [0.25, 0.3) is 23.3 Å². The van der Waals surface area contributed by atoms with Crippen LogP contribution in [0.1, 0.15) is 107 Å². The predicted molar refractivity (Wildman–Crippen MR) is 168 cm³/mol. The number of pyridine rings is 2. The van der Waals surface area contributed by atoms with Gasteiger partial charge in [-0.3, -0.25) is 14.4 Å². The lowest BCUT2D eigenvalue weighted by molar-refractivity contribution is -0.113. The number of nitrogens with zero attached hydrogens (tertiary/aromatic N) is 4. The van der Waals surface area contributed by atoms with Gasteiger partial charge < -0.3 is 20.1 Å². The Bertz CT molecular complexity index is 1810. The Kier molecular flexibility index (Phi) is 7.71. The average molecular weight is 627 g/mol. The van der Waals surface area contributed by atoms with Crippen LogP contribution >= 0.6 is 0 Å². The minimum absolute atomic E-state index is 0.0369. The minimum atomic E-state index is -2.93. The summed E-state index contributed by atoms with van der Waals surface area (Å²) < 4.78 is 28.9. The molecule has 1 saturated heterocycles. The molecule has 1 aliphatic heterocycles. The normalized spacial score (nSPS) is 19.5. The molecule has 3 heterocycles. The second-order valence-corrected chi connectivity index (χ2v) is 13.3. The molecule has 4 fully saturated rings. The fourth-order valence-electron chi connectivity index (χ4n) is 6.22. The molecule has 0 bridgehead atoms. The number of hydrogen-bond donors (Lipinski definition) is 2. The molecule has 2 N–H and O–H groups in total. The van der Waals surface area contributed by atoms with E-state index in [-0.39, 0.29) is 46.1 Å². The lowest BCUT2D eigenvalue weighted by Gasteiger charge is -2.39. The van der Waals surface area contributed by atoms with Crippen LogP contribution in [0.3, 0.4) is 0 Å². The van der Waals surface area contributed by atoms with Crippen LogP contribution in [-0.4, -0.2) is 51.8 Å². The summed E-state index contributed by atoms with van der Waals surface area (Å²) >= 11 is 0. The fraction of sp³-hybridized carbons (Fsp3) is 0.457. The molecule has 1 unspecified atom stereocenters. The summed E-state index contributed by atoms with van der Waals surface area (Å²) in [5.41, 5.74) is 2.65. The summed E-state index contributed by atoms with van der Waals surface area (Å²) in [5, 5.41) is 15.9. The monoisotopic (exact) mass is 626 g/mol. The summed E-state index contributed by atoms with van der Waals surface area (Å²) in [6.07, 6.45) is 9.20. The van der Waals surface area contributed by atoms with E-state index in [1.54, 1.807) is 28.8 Å². The van der Waals surface area contributed by atoms with Crippen molar-refractivity contribution in [3.8, 4) is 17.2 Å². The minimum Gasteiger partial charge on any atom is -0.326 e. The molecule has 3 aliphatic carbocycles. The van der Waals surface area contributed by atoms with Gasteiger partial charge in [0.05, 0.1) is 24.7 Å². The van der Waals surface area contributed by atoms with Gasteiger partial charge >= 0.3 is 0 Å². The summed E-state index contributed by atoms with van der Waals surface area (Å²) in [6.45, 7) is 1.58. The van der Waals surface area contributed by atoms with Crippen molar-refractivity contribution in [2.24, 2.45) is 5.92 Å². The van der Waals surface area contributed by atoms with Crippen molar-refractivity contribution in [1.82, 2.24) is 19.8 Å². The van der Waals surface area contributed by atoms with Crippen LogP contribution in [-0.2, 0) is 0 Å². The Hall–Kier alpha value is -4.43. The van der Waals surface area contributed by atoms with Gasteiger partial charge in [-0.25, -0.2) is 13.8 Å². The Morgan fingerprint density at radius 1 is 1.07 bits per heavy atom. The second-order valence-electron chi connectivity index (χ2n) is 13.3. The molecular weight excluding hydrogens is 590 g/mol. The fourth-order valence-corrected chi connectivity index (χ4v) is 6.22. The van der Waals surface area contributed by atoms with Gasteiger partial charge in [0.15, 0.2) is 0 Å². The van der Waals surface area contributed by atoms with E-state index in [9.17, 15) is 28.4 Å². The molecule has 46 heavy (non-hydrogen) atoms. The molecule has 0 spiro atoms. The van der Waals surface area contributed by atoms with Gasteiger partial charge in [-0.15, -0.1) is 0 Å². The number of carbonyl (C=O) groups excluding carboxylic acids is 2. The van der Waals surface area contributed by atoms with E-state index in [0.717, 1.165) is 48.4 Å². The maximum Gasteiger partial charge on any atom is 0.282 e. The highest BCUT2D eigenvalue weighted by atomic mass is 19.3. The highest BCUT2D eigenvalue weighted by Crippen LogP contribution is 2.42. The molecule has 2 aromatic heterocycles. The number of nitriles is 1. The van der Waals surface area contributed by atoms with E-state index in [1.165, 1.54) is 25.3 Å². The molecule has 11 heteroatoms. The zero-order valence-corrected chi connectivity index (χ0v) is 25.7. The molecule has 1 atom stereocenters. The van der Waals surface area contributed by atoms with E-state index in [2.05, 4.69) is 10.6 Å². The van der Waals surface area contributed by atoms with Crippen molar-refractivity contribution >= 4 is 17.6 Å². The van der Waals surface area contributed by atoms with Gasteiger partial charge in [0, 0.05) is 35.5 Å². The first-order valence-corrected chi connectivity index (χ1v) is 16.1. The van der Waals surface area contributed by atoms with Crippen molar-refractivity contribution in [2.75, 3.05) is 25.0 Å². The zero-order chi connectivity index (χ0) is 32.2. The van der Waals surface area contributed by atoms with Gasteiger partial charge in [-0.1, -0.05) is 12.5 Å². The highest BCUT2D eigenvalue weighted by molar-refractivity contribution is 6.05. The number of hydrogen-bond acceptors (Lipinski definition) is 6. The van der Waals surface area contributed by atoms with Crippen LogP contribution in [0.4, 0.5) is 14.6 Å². The Labute approximate surface area is 265 Å². The van der Waals surface area contributed by atoms with Gasteiger partial charge in [0.2, 0.25) is 0 Å². The quantitative estimate of drug-likeness (QED) is 0.294. The third kappa shape index (κ3) is 6.18. The first-order chi connectivity index (χ1) is 22.1. The van der Waals surface area contributed by atoms with E-state index in [0.29, 0.717) is 17.0 Å². The summed E-state index contributed by atoms with van der Waals surface area (Å²) in [7, 11) is 0. The molecule has 0 radical (unpaired) electrons. The summed E-state index contributed by atoms with van der Waals surface area (Å²) in [6, 6.07) is 11.8. The largest absolute Gasteiger partial charge is 0.326 e. The molecule has 7 rings (SSSR count). The number of anilines is 1. The van der Waals surface area contributed by atoms with Crippen molar-refractivity contribution in [2.45, 2.75) is 75.8 Å². The van der Waals surface area contributed by atoms with Crippen LogP contribution in [0, 0.1) is 17.2 Å². The number of benzene rings is 1. The molecule has 3 aromatic rings. The van der Waals surface area contributed by atoms with Crippen LogP contribution in [0.5, 0.6) is 0 Å². The second kappa shape index (κ2) is 11.7. The molecule has 9 nitrogen and oxygen atoms in total. The van der Waals surface area contributed by atoms with E-state index in [1.807, 2.05) is 25.3 Å². The van der Waals surface area contributed by atoms with Gasteiger partial charge in [0.1, 0.15) is 11.4 Å². The van der Waals surface area contributed by atoms with Crippen LogP contribution < -0.4 is 16.2 Å². The van der Waals surface area contributed by atoms with Gasteiger partial charge in [-0.05, 0) is 105 Å². The lowest BCUT2D eigenvalue weighted by atomic mass is 9.85. The first kappa shape index (κ1) is 30.2. The van der Waals surface area contributed by atoms with E-state index < -0.39 is 30.8 Å². The summed E-state index contributed by atoms with van der Waals surface area (Å²) in [4.78, 5) is 46.4. The number of rotatable bonds is 10. The maximum absolute atomic E-state index is 13.8. The van der Waals surface area contributed by atoms with Crippen LogP contribution in [0.15, 0.2) is 47.4 Å². The van der Waals surface area contributed by atoms with Crippen molar-refractivity contribution < 1.29 is 18.4 Å². The molecule has 1 aromatic carbocycles. The number of carbonyl (C=O) groups is 2. The van der Waals surface area contributed by atoms with Crippen molar-refractivity contribution in [1.29, 1.82) is 5.26 Å². The Morgan fingerprint density at radius 2 is 1.83 bits per heavy atom. The predicted octanol–water partition coefficient (Wildman–Crippen LogP) is 5.79. The smallest absolute Gasteiger partial charge is 0.282 e. The number of nitrogens with one attached hydrogen (secondary N) is 2. The Balaban J connectivity index is 1.21. The number of amides is 2. The zero-order valence-electron chi connectivity index (χ0n) is 25.7. The third-order valence-corrected chi connectivity index (χ3v) is 9.59. The number of aromatic nitrogens is 2. The van der Waals surface area contributed by atoms with Gasteiger partial charge in [-0.2, -0.15) is 5.26 Å². The van der Waals surface area contributed by atoms with Crippen LogP contribution in [0.25, 0.3) is 11.1 Å². The molecular formula is C35H36F2N6O3. The standard InChI is InChI=1S/C35H36F2N6O3/c1-20(39-16-21-3-2-4-21)25-12-29(34(46)43(17-25)26-8-9-26)32(44)41-31-14-24(13-30(40-31)23-6-7-23)27-10-5-22(15-38)11-28(27)33(45)42-18-35(36,37)19-42/h5,10-14,17,20-21,23,26,39H,2-4,6-9,16,18-19H2,1H3,(H,40,41,44). The number of likely N-dealkylation sites (tertiary alicyclic amines) is 1. The Morgan fingerprint density at radius 3 is 2.46 bits per heavy atom. The summed E-state index contributed by atoms with van der Waals surface area (Å²) in [5.74, 6) is -3.03. The van der Waals surface area contributed by atoms with E-state index in [4.69, 9.17) is 4.98 Å². The third-order valence-electron chi connectivity index (χ3n) is 9.59. The van der Waals surface area contributed by atoms with Crippen molar-refractivity contribution in [3.63, 3.8) is 0 Å². The average Bonchev–Trinajstić information content (AvgIpc) is 3.92. The SMILES string of the molecule is CC(NCC1CCC1)c1cc(C(=O)Nc2cc(-c3ccc(C#N)cc3C(=O)N3CC(F)(F)C3)cc(C3CC3)n2)c(=O)n(C2CC2)c1. The molecule has 3 saturated carbocycles. The van der Waals surface area contributed by atoms with E-state index >= 15 is 0 Å². The maximum atomic E-state index is 13.8. The topological polar surface area (TPSA) is 120 Å². The number of alkyl halides is 2. The highest BCUT2D eigenvalue weighted by Gasteiger charge is 2.46. The van der Waals surface area contributed by atoms with Crippen molar-refractivity contribution in [3.05, 3.63) is 80.9 Å². The molecule has 238 valence electrons. The van der Waals surface area contributed by atoms with Crippen LogP contribution in [0.2, 0.25) is 0 Å². The lowest BCUT2D eigenvalue weighted by Crippen LogP contribution is -2.58. The number of halogens is 2. The first-order valence-electron chi connectivity index (χ1n) is 16.1.